The molecule has 21 heavy (non-hydrogen) atoms. The second-order valence-electron chi connectivity index (χ2n) is 5.17. The van der Waals surface area contributed by atoms with E-state index in [-0.39, 0.29) is 24.3 Å². The Morgan fingerprint density at radius 1 is 1.48 bits per heavy atom. The molecule has 5 nitrogen and oxygen atoms in total. The molecule has 2 rings (SSSR count). The zero-order chi connectivity index (χ0) is 15.6. The molecule has 1 fully saturated rings. The normalized spacial score (nSPS) is 20.2. The molecule has 1 saturated heterocycles. The zero-order valence-electron chi connectivity index (χ0n) is 12.4. The number of carbonyl (C=O) groups is 2. The van der Waals surface area contributed by atoms with Crippen molar-refractivity contribution in [2.24, 2.45) is 5.92 Å². The molecule has 1 aromatic carbocycles. The van der Waals surface area contributed by atoms with Gasteiger partial charge in [0.25, 0.3) is 0 Å². The van der Waals surface area contributed by atoms with E-state index in [1.807, 2.05) is 19.9 Å². The summed E-state index contributed by atoms with van der Waals surface area (Å²) in [5.41, 5.74) is 0.670. The number of carbonyl (C=O) groups excluding carboxylic acids is 2. The molecule has 6 heteroatoms. The molecule has 1 aromatic rings. The van der Waals surface area contributed by atoms with Gasteiger partial charge in [0.15, 0.2) is 0 Å². The first-order valence-corrected chi connectivity index (χ1v) is 7.71. The van der Waals surface area contributed by atoms with Crippen molar-refractivity contribution in [3.8, 4) is 5.75 Å². The standard InChI is InChI=1S/C15H19BrN2O3/c1-4-9(2)14-15(20)18(8-13(19)17-14)10-5-6-11(16)12(7-10)21-3/h5-7,9,14H,4,8H2,1-3H3,(H,17,19). The molecular weight excluding hydrogens is 336 g/mol. The molecule has 0 saturated carbocycles. The van der Waals surface area contributed by atoms with Crippen LogP contribution in [0.4, 0.5) is 5.69 Å². The molecule has 1 aliphatic heterocycles. The van der Waals surface area contributed by atoms with Gasteiger partial charge in [-0.25, -0.2) is 0 Å². The van der Waals surface area contributed by atoms with Crippen LogP contribution in [0.25, 0.3) is 0 Å². The van der Waals surface area contributed by atoms with Gasteiger partial charge in [-0.05, 0) is 34.0 Å². The van der Waals surface area contributed by atoms with Crippen LogP contribution < -0.4 is 15.0 Å². The Balaban J connectivity index is 2.33. The summed E-state index contributed by atoms with van der Waals surface area (Å²) < 4.78 is 6.06. The fourth-order valence-corrected chi connectivity index (χ4v) is 2.73. The van der Waals surface area contributed by atoms with Crippen molar-refractivity contribution in [3.63, 3.8) is 0 Å². The summed E-state index contributed by atoms with van der Waals surface area (Å²) in [6.07, 6.45) is 0.828. The van der Waals surface area contributed by atoms with Gasteiger partial charge in [-0.1, -0.05) is 20.3 Å². The number of ether oxygens (including phenoxy) is 1. The summed E-state index contributed by atoms with van der Waals surface area (Å²) in [6.45, 7) is 4.01. The minimum Gasteiger partial charge on any atom is -0.495 e. The lowest BCUT2D eigenvalue weighted by Gasteiger charge is -2.35. The number of nitrogens with one attached hydrogen (secondary N) is 1. The first-order valence-electron chi connectivity index (χ1n) is 6.92. The Morgan fingerprint density at radius 2 is 2.19 bits per heavy atom. The highest BCUT2D eigenvalue weighted by Crippen LogP contribution is 2.31. The maximum absolute atomic E-state index is 12.6. The second kappa shape index (κ2) is 6.47. The summed E-state index contributed by atoms with van der Waals surface area (Å²) in [5, 5.41) is 2.79. The molecule has 0 bridgehead atoms. The highest BCUT2D eigenvalue weighted by Gasteiger charge is 2.36. The van der Waals surface area contributed by atoms with E-state index in [2.05, 4.69) is 21.2 Å². The molecule has 114 valence electrons. The second-order valence-corrected chi connectivity index (χ2v) is 6.03. The van der Waals surface area contributed by atoms with Gasteiger partial charge in [0.2, 0.25) is 11.8 Å². The highest BCUT2D eigenvalue weighted by atomic mass is 79.9. The van der Waals surface area contributed by atoms with Crippen molar-refractivity contribution in [1.82, 2.24) is 5.32 Å². The number of amides is 2. The average Bonchev–Trinajstić information content (AvgIpc) is 2.49. The maximum Gasteiger partial charge on any atom is 0.250 e. The van der Waals surface area contributed by atoms with E-state index in [1.54, 1.807) is 19.2 Å². The zero-order valence-corrected chi connectivity index (χ0v) is 13.9. The number of nitrogens with zero attached hydrogens (tertiary/aromatic N) is 1. The van der Waals surface area contributed by atoms with Gasteiger partial charge in [0, 0.05) is 11.8 Å². The van der Waals surface area contributed by atoms with Crippen LogP contribution in [0.3, 0.4) is 0 Å². The molecule has 0 spiro atoms. The lowest BCUT2D eigenvalue weighted by atomic mass is 9.96. The summed E-state index contributed by atoms with van der Waals surface area (Å²) >= 11 is 3.38. The van der Waals surface area contributed by atoms with Gasteiger partial charge < -0.3 is 15.0 Å². The van der Waals surface area contributed by atoms with E-state index in [1.165, 1.54) is 4.90 Å². The van der Waals surface area contributed by atoms with Crippen molar-refractivity contribution in [2.75, 3.05) is 18.6 Å². The number of benzene rings is 1. The van der Waals surface area contributed by atoms with Crippen LogP contribution in [-0.2, 0) is 9.59 Å². The SMILES string of the molecule is CCC(C)C1NC(=O)CN(c2ccc(Br)c(OC)c2)C1=O. The Labute approximate surface area is 132 Å². The first-order chi connectivity index (χ1) is 9.97. The summed E-state index contributed by atoms with van der Waals surface area (Å²) in [5.74, 6) is 0.517. The smallest absolute Gasteiger partial charge is 0.250 e. The molecule has 0 aliphatic carbocycles. The predicted molar refractivity (Wildman–Crippen MR) is 84.4 cm³/mol. The van der Waals surface area contributed by atoms with Crippen LogP contribution in [0.1, 0.15) is 20.3 Å². The number of halogens is 1. The third-order valence-corrected chi connectivity index (χ3v) is 4.46. The summed E-state index contributed by atoms with van der Waals surface area (Å²) in [7, 11) is 1.57. The van der Waals surface area contributed by atoms with Crippen molar-refractivity contribution in [3.05, 3.63) is 22.7 Å². The Hall–Kier alpha value is -1.56. The molecule has 1 heterocycles. The Morgan fingerprint density at radius 3 is 2.81 bits per heavy atom. The van der Waals surface area contributed by atoms with Gasteiger partial charge in [0.1, 0.15) is 18.3 Å². The van der Waals surface area contributed by atoms with Gasteiger partial charge >= 0.3 is 0 Å². The summed E-state index contributed by atoms with van der Waals surface area (Å²) in [6, 6.07) is 4.91. The molecule has 2 amide bonds. The van der Waals surface area contributed by atoms with Gasteiger partial charge in [-0.2, -0.15) is 0 Å². The number of hydrogen-bond acceptors (Lipinski definition) is 3. The number of hydrogen-bond donors (Lipinski definition) is 1. The Bertz CT molecular complexity index is 562. The number of anilines is 1. The van der Waals surface area contributed by atoms with Gasteiger partial charge in [-0.15, -0.1) is 0 Å². The molecule has 2 atom stereocenters. The lowest BCUT2D eigenvalue weighted by Crippen LogP contribution is -2.60. The van der Waals surface area contributed by atoms with Crippen LogP contribution in [0.5, 0.6) is 5.75 Å². The molecule has 2 unspecified atom stereocenters. The van der Waals surface area contributed by atoms with E-state index in [4.69, 9.17) is 4.74 Å². The first kappa shape index (κ1) is 15.8. The summed E-state index contributed by atoms with van der Waals surface area (Å²) in [4.78, 5) is 26.0. The predicted octanol–water partition coefficient (Wildman–Crippen LogP) is 2.34. The molecular formula is C15H19BrN2O3. The number of rotatable bonds is 4. The van der Waals surface area contributed by atoms with Crippen molar-refractivity contribution >= 4 is 33.4 Å². The monoisotopic (exact) mass is 354 g/mol. The van der Waals surface area contributed by atoms with E-state index < -0.39 is 6.04 Å². The fraction of sp³-hybridized carbons (Fsp3) is 0.467. The van der Waals surface area contributed by atoms with E-state index in [9.17, 15) is 9.59 Å². The van der Waals surface area contributed by atoms with Gasteiger partial charge in [0.05, 0.1) is 11.6 Å². The van der Waals surface area contributed by atoms with Crippen LogP contribution in [0, 0.1) is 5.92 Å². The van der Waals surface area contributed by atoms with Gasteiger partial charge in [-0.3, -0.25) is 9.59 Å². The van der Waals surface area contributed by atoms with E-state index in [0.717, 1.165) is 10.9 Å². The quantitative estimate of drug-likeness (QED) is 0.902. The van der Waals surface area contributed by atoms with Crippen LogP contribution in [0.15, 0.2) is 22.7 Å². The molecule has 0 aromatic heterocycles. The lowest BCUT2D eigenvalue weighted by molar-refractivity contribution is -0.132. The van der Waals surface area contributed by atoms with Crippen molar-refractivity contribution < 1.29 is 14.3 Å². The third kappa shape index (κ3) is 3.20. The van der Waals surface area contributed by atoms with Crippen molar-refractivity contribution in [1.29, 1.82) is 0 Å². The minimum atomic E-state index is -0.467. The third-order valence-electron chi connectivity index (χ3n) is 3.81. The fourth-order valence-electron chi connectivity index (χ4n) is 2.33. The number of methoxy groups -OCH3 is 1. The van der Waals surface area contributed by atoms with Crippen LogP contribution in [-0.4, -0.2) is 31.5 Å². The van der Waals surface area contributed by atoms with Crippen LogP contribution in [0.2, 0.25) is 0 Å². The van der Waals surface area contributed by atoms with Crippen LogP contribution >= 0.6 is 15.9 Å². The van der Waals surface area contributed by atoms with E-state index >= 15 is 0 Å². The minimum absolute atomic E-state index is 0.0382. The van der Waals surface area contributed by atoms with E-state index in [0.29, 0.717) is 11.4 Å². The number of piperazine rings is 1. The Kier molecular flexibility index (Phi) is 4.88. The molecule has 1 N–H and O–H groups in total. The largest absolute Gasteiger partial charge is 0.495 e. The maximum atomic E-state index is 12.6. The topological polar surface area (TPSA) is 58.6 Å². The van der Waals surface area contributed by atoms with Crippen molar-refractivity contribution in [2.45, 2.75) is 26.3 Å². The molecule has 1 aliphatic rings. The molecule has 0 radical (unpaired) electrons. The average molecular weight is 355 g/mol. The highest BCUT2D eigenvalue weighted by molar-refractivity contribution is 9.10.